The van der Waals surface area contributed by atoms with Crippen molar-refractivity contribution in [2.24, 2.45) is 5.41 Å². The molecule has 0 aromatic heterocycles. The summed E-state index contributed by atoms with van der Waals surface area (Å²) in [6, 6.07) is 5.68. The number of hydrogen-bond acceptors (Lipinski definition) is 3. The fourth-order valence-electron chi connectivity index (χ4n) is 2.37. The van der Waals surface area contributed by atoms with Crippen molar-refractivity contribution in [3.63, 3.8) is 0 Å². The van der Waals surface area contributed by atoms with Gasteiger partial charge in [-0.05, 0) is 35.3 Å². The van der Waals surface area contributed by atoms with Crippen LogP contribution in [0.15, 0.2) is 54.3 Å². The van der Waals surface area contributed by atoms with Crippen LogP contribution in [0, 0.1) is 5.41 Å². The smallest absolute Gasteiger partial charge is 0.458 e. The van der Waals surface area contributed by atoms with Crippen molar-refractivity contribution in [1.82, 2.24) is 0 Å². The van der Waals surface area contributed by atoms with Gasteiger partial charge in [-0.2, -0.15) is 0 Å². The molecule has 0 bridgehead atoms. The summed E-state index contributed by atoms with van der Waals surface area (Å²) in [7, 11) is -0.842. The molecule has 0 atom stereocenters. The second-order valence-corrected chi connectivity index (χ2v) is 5.71. The summed E-state index contributed by atoms with van der Waals surface area (Å²) in [4.78, 5) is 0. The van der Waals surface area contributed by atoms with Crippen LogP contribution in [0.1, 0.15) is 19.4 Å². The zero-order valence-electron chi connectivity index (χ0n) is 11.7. The lowest BCUT2D eigenvalue weighted by atomic mass is 9.79. The molecule has 3 rings (SSSR count). The van der Waals surface area contributed by atoms with Crippen molar-refractivity contribution in [2.75, 3.05) is 0 Å². The summed E-state index contributed by atoms with van der Waals surface area (Å²) >= 11 is 0. The first-order chi connectivity index (χ1) is 9.53. The average molecular weight is 268 g/mol. The molecule has 1 heterocycles. The van der Waals surface area contributed by atoms with E-state index >= 15 is 0 Å². The first kappa shape index (κ1) is 13.2. The Labute approximate surface area is 119 Å². The quantitative estimate of drug-likeness (QED) is 0.836. The maximum Gasteiger partial charge on any atom is 0.491 e. The van der Waals surface area contributed by atoms with Crippen molar-refractivity contribution < 1.29 is 14.4 Å². The van der Waals surface area contributed by atoms with Gasteiger partial charge in [0.2, 0.25) is 0 Å². The van der Waals surface area contributed by atoms with Crippen LogP contribution in [0.25, 0.3) is 0 Å². The van der Waals surface area contributed by atoms with E-state index < -0.39 is 7.12 Å². The number of allylic oxidation sites excluding steroid dienone is 5. The van der Waals surface area contributed by atoms with Crippen LogP contribution >= 0.6 is 0 Å². The minimum Gasteiger partial charge on any atom is -0.458 e. The number of benzene rings is 1. The van der Waals surface area contributed by atoms with E-state index in [1.165, 1.54) is 0 Å². The number of hydrogen-bond donors (Lipinski definition) is 1. The molecule has 0 radical (unpaired) electrons. The Morgan fingerprint density at radius 1 is 1.30 bits per heavy atom. The lowest BCUT2D eigenvalue weighted by Crippen LogP contribution is -2.27. The average Bonchev–Trinajstić information content (AvgIpc) is 2.66. The topological polar surface area (TPSA) is 38.7 Å². The molecule has 1 aromatic carbocycles. The predicted octanol–water partition coefficient (Wildman–Crippen LogP) is 2.32. The molecule has 102 valence electrons. The molecule has 0 fully saturated rings. The van der Waals surface area contributed by atoms with Gasteiger partial charge in [-0.25, -0.2) is 0 Å². The summed E-state index contributed by atoms with van der Waals surface area (Å²) in [6.45, 7) is 4.70. The van der Waals surface area contributed by atoms with E-state index in [9.17, 15) is 5.02 Å². The summed E-state index contributed by atoms with van der Waals surface area (Å²) in [5.41, 5.74) is 1.76. The molecule has 1 aromatic rings. The van der Waals surface area contributed by atoms with Gasteiger partial charge in [-0.3, -0.25) is 0 Å². The standard InChI is InChI=1S/C16H17BO3/c1-16(2)8-4-3-5-14(10-16)20-13-7-6-12-11-19-17(18)15(12)9-13/h3-10,18H,11H2,1-2H3. The maximum atomic E-state index is 9.72. The minimum absolute atomic E-state index is 0.0435. The highest BCUT2D eigenvalue weighted by Gasteiger charge is 2.27. The number of rotatable bonds is 2. The molecule has 0 spiro atoms. The normalized spacial score (nSPS) is 19.6. The van der Waals surface area contributed by atoms with Crippen molar-refractivity contribution in [1.29, 1.82) is 0 Å². The molecule has 1 aliphatic carbocycles. The Balaban J connectivity index is 1.85. The highest BCUT2D eigenvalue weighted by Crippen LogP contribution is 2.26. The number of fused-ring (bicyclic) bond motifs is 1. The largest absolute Gasteiger partial charge is 0.491 e. The third-order valence-corrected chi connectivity index (χ3v) is 3.43. The zero-order valence-corrected chi connectivity index (χ0v) is 11.7. The first-order valence-corrected chi connectivity index (χ1v) is 6.73. The van der Waals surface area contributed by atoms with Crippen molar-refractivity contribution in [2.45, 2.75) is 20.5 Å². The Morgan fingerprint density at radius 3 is 3.00 bits per heavy atom. The molecule has 0 amide bonds. The van der Waals surface area contributed by atoms with Gasteiger partial charge in [-0.15, -0.1) is 0 Å². The van der Waals surface area contributed by atoms with Gasteiger partial charge in [-0.1, -0.05) is 38.1 Å². The molecular formula is C16H17BO3. The third kappa shape index (κ3) is 2.71. The maximum absolute atomic E-state index is 9.72. The van der Waals surface area contributed by atoms with E-state index in [4.69, 9.17) is 9.39 Å². The van der Waals surface area contributed by atoms with Gasteiger partial charge in [0.1, 0.15) is 11.5 Å². The highest BCUT2D eigenvalue weighted by atomic mass is 16.5. The van der Waals surface area contributed by atoms with Crippen LogP contribution in [0.5, 0.6) is 5.75 Å². The molecule has 1 aliphatic heterocycles. The molecule has 20 heavy (non-hydrogen) atoms. The Bertz CT molecular complexity index is 614. The van der Waals surface area contributed by atoms with Crippen molar-refractivity contribution >= 4 is 12.6 Å². The lowest BCUT2D eigenvalue weighted by molar-refractivity contribution is 0.275. The van der Waals surface area contributed by atoms with Crippen LogP contribution in [0.2, 0.25) is 0 Å². The second kappa shape index (κ2) is 4.96. The monoisotopic (exact) mass is 268 g/mol. The Kier molecular flexibility index (Phi) is 3.28. The van der Waals surface area contributed by atoms with Crippen LogP contribution in [-0.2, 0) is 11.3 Å². The van der Waals surface area contributed by atoms with Gasteiger partial charge in [0.15, 0.2) is 0 Å². The van der Waals surface area contributed by atoms with E-state index in [0.29, 0.717) is 12.4 Å². The van der Waals surface area contributed by atoms with E-state index in [2.05, 4.69) is 26.0 Å². The summed E-state index contributed by atoms with van der Waals surface area (Å²) in [5, 5.41) is 9.72. The molecule has 4 heteroatoms. The third-order valence-electron chi connectivity index (χ3n) is 3.43. The molecule has 3 nitrogen and oxygen atoms in total. The first-order valence-electron chi connectivity index (χ1n) is 6.73. The Morgan fingerprint density at radius 2 is 2.15 bits per heavy atom. The van der Waals surface area contributed by atoms with Gasteiger partial charge < -0.3 is 14.4 Å². The molecule has 2 aliphatic rings. The molecule has 0 saturated carbocycles. The van der Waals surface area contributed by atoms with E-state index in [1.54, 1.807) is 0 Å². The summed E-state index contributed by atoms with van der Waals surface area (Å²) in [5.74, 6) is 1.51. The van der Waals surface area contributed by atoms with Crippen LogP contribution < -0.4 is 10.2 Å². The molecule has 0 unspecified atom stereocenters. The van der Waals surface area contributed by atoms with Crippen molar-refractivity contribution in [3.8, 4) is 5.75 Å². The fourth-order valence-corrected chi connectivity index (χ4v) is 2.37. The second-order valence-electron chi connectivity index (χ2n) is 5.71. The summed E-state index contributed by atoms with van der Waals surface area (Å²) in [6.07, 6.45) is 10.1. The van der Waals surface area contributed by atoms with E-state index in [0.717, 1.165) is 16.8 Å². The van der Waals surface area contributed by atoms with Gasteiger partial charge in [0, 0.05) is 5.41 Å². The van der Waals surface area contributed by atoms with Gasteiger partial charge in [0.25, 0.3) is 0 Å². The van der Waals surface area contributed by atoms with E-state index in [-0.39, 0.29) is 5.41 Å². The Hall–Kier alpha value is -1.78. The SMILES string of the molecule is CC1(C)C=CC=CC(Oc2ccc3c(c2)B(O)OC3)=C1. The van der Waals surface area contributed by atoms with Crippen LogP contribution in [0.3, 0.4) is 0 Å². The summed E-state index contributed by atoms with van der Waals surface area (Å²) < 4.78 is 11.1. The van der Waals surface area contributed by atoms with Crippen LogP contribution in [0.4, 0.5) is 0 Å². The lowest BCUT2D eigenvalue weighted by Gasteiger charge is -2.16. The zero-order chi connectivity index (χ0) is 14.2. The predicted molar refractivity (Wildman–Crippen MR) is 79.6 cm³/mol. The van der Waals surface area contributed by atoms with Gasteiger partial charge in [0.05, 0.1) is 6.61 Å². The van der Waals surface area contributed by atoms with Crippen molar-refractivity contribution in [3.05, 3.63) is 59.9 Å². The minimum atomic E-state index is -0.842. The van der Waals surface area contributed by atoms with Gasteiger partial charge >= 0.3 is 7.12 Å². The highest BCUT2D eigenvalue weighted by molar-refractivity contribution is 6.61. The van der Waals surface area contributed by atoms with E-state index in [1.807, 2.05) is 36.4 Å². The molecular weight excluding hydrogens is 251 g/mol. The van der Waals surface area contributed by atoms with Crippen LogP contribution in [-0.4, -0.2) is 12.1 Å². The number of ether oxygens (including phenoxy) is 1. The fraction of sp³-hybridized carbons (Fsp3) is 0.250. The molecule has 1 N–H and O–H groups in total. The molecule has 0 saturated heterocycles.